The van der Waals surface area contributed by atoms with Gasteiger partial charge in [0.2, 0.25) is 0 Å². The standard InChI is InChI=1S/C15H20ClFN2O2S/c1-2-18-5-6-19(15-10-22(20,21)9-14(15)18)8-11-3-4-13(17)12(16)7-11/h3-4,7,14-15H,2,5-6,8-10H2,1H3/t14-,15+/m0/s1. The molecule has 0 aromatic heterocycles. The monoisotopic (exact) mass is 346 g/mol. The fourth-order valence-electron chi connectivity index (χ4n) is 3.56. The lowest BCUT2D eigenvalue weighted by Gasteiger charge is -2.43. The van der Waals surface area contributed by atoms with E-state index >= 15 is 0 Å². The summed E-state index contributed by atoms with van der Waals surface area (Å²) in [5.41, 5.74) is 0.916. The summed E-state index contributed by atoms with van der Waals surface area (Å²) in [6, 6.07) is 4.79. The van der Waals surface area contributed by atoms with Crippen molar-refractivity contribution in [2.75, 3.05) is 31.1 Å². The molecule has 0 amide bonds. The third-order valence-electron chi connectivity index (χ3n) is 4.68. The topological polar surface area (TPSA) is 40.6 Å². The average Bonchev–Trinajstić information content (AvgIpc) is 2.79. The van der Waals surface area contributed by atoms with E-state index in [9.17, 15) is 12.8 Å². The van der Waals surface area contributed by atoms with Gasteiger partial charge in [-0.15, -0.1) is 0 Å². The van der Waals surface area contributed by atoms with Gasteiger partial charge >= 0.3 is 0 Å². The van der Waals surface area contributed by atoms with Crippen LogP contribution < -0.4 is 0 Å². The number of fused-ring (bicyclic) bond motifs is 1. The Bertz CT molecular complexity index is 668. The van der Waals surface area contributed by atoms with Crippen molar-refractivity contribution in [2.45, 2.75) is 25.6 Å². The first-order valence-electron chi connectivity index (χ1n) is 7.52. The molecule has 2 heterocycles. The Morgan fingerprint density at radius 2 is 1.86 bits per heavy atom. The number of sulfone groups is 1. The Kier molecular flexibility index (Phi) is 4.47. The van der Waals surface area contributed by atoms with Gasteiger partial charge in [0.1, 0.15) is 5.82 Å². The smallest absolute Gasteiger partial charge is 0.153 e. The average molecular weight is 347 g/mol. The van der Waals surface area contributed by atoms with Crippen molar-refractivity contribution in [1.29, 1.82) is 0 Å². The first-order chi connectivity index (χ1) is 10.4. The molecule has 0 N–H and O–H groups in total. The lowest BCUT2D eigenvalue weighted by atomic mass is 10.0. The van der Waals surface area contributed by atoms with Crippen LogP contribution in [0.5, 0.6) is 0 Å². The number of halogens is 2. The zero-order chi connectivity index (χ0) is 15.9. The molecule has 2 aliphatic heterocycles. The van der Waals surface area contributed by atoms with Crippen molar-refractivity contribution in [3.63, 3.8) is 0 Å². The SMILES string of the molecule is CCN1CCN(Cc2ccc(F)c(Cl)c2)[C@@H]2CS(=O)(=O)C[C@@H]21. The van der Waals surface area contributed by atoms with Crippen LogP contribution in [0.4, 0.5) is 4.39 Å². The van der Waals surface area contributed by atoms with Gasteiger partial charge in [0.25, 0.3) is 0 Å². The Hall–Kier alpha value is -0.690. The third-order valence-corrected chi connectivity index (χ3v) is 6.67. The molecule has 3 rings (SSSR count). The van der Waals surface area contributed by atoms with Crippen LogP contribution >= 0.6 is 11.6 Å². The second-order valence-electron chi connectivity index (χ2n) is 6.06. The van der Waals surface area contributed by atoms with Gasteiger partial charge in [-0.1, -0.05) is 24.6 Å². The first kappa shape index (κ1) is 16.2. The molecule has 0 aliphatic carbocycles. The number of rotatable bonds is 3. The van der Waals surface area contributed by atoms with Crippen molar-refractivity contribution in [3.05, 3.63) is 34.6 Å². The van der Waals surface area contributed by atoms with Gasteiger partial charge in [0.05, 0.1) is 16.5 Å². The van der Waals surface area contributed by atoms with Gasteiger partial charge in [-0.3, -0.25) is 9.80 Å². The summed E-state index contributed by atoms with van der Waals surface area (Å²) < 4.78 is 37.3. The lowest BCUT2D eigenvalue weighted by molar-refractivity contribution is 0.0439. The van der Waals surface area contributed by atoms with Crippen LogP contribution in [-0.4, -0.2) is 61.4 Å². The quantitative estimate of drug-likeness (QED) is 0.836. The molecule has 4 nitrogen and oxygen atoms in total. The molecule has 2 fully saturated rings. The van der Waals surface area contributed by atoms with Crippen LogP contribution in [0.15, 0.2) is 18.2 Å². The maximum atomic E-state index is 13.3. The van der Waals surface area contributed by atoms with Gasteiger partial charge in [0, 0.05) is 31.7 Å². The van der Waals surface area contributed by atoms with Crippen LogP contribution in [0, 0.1) is 5.82 Å². The van der Waals surface area contributed by atoms with E-state index in [-0.39, 0.29) is 28.6 Å². The van der Waals surface area contributed by atoms with E-state index < -0.39 is 15.7 Å². The fourth-order valence-corrected chi connectivity index (χ4v) is 5.80. The van der Waals surface area contributed by atoms with Crippen LogP contribution in [0.1, 0.15) is 12.5 Å². The summed E-state index contributed by atoms with van der Waals surface area (Å²) in [6.45, 7) is 5.22. The zero-order valence-electron chi connectivity index (χ0n) is 12.5. The lowest BCUT2D eigenvalue weighted by Crippen LogP contribution is -2.58. The number of piperazine rings is 1. The van der Waals surface area contributed by atoms with Gasteiger partial charge < -0.3 is 0 Å². The molecule has 7 heteroatoms. The van der Waals surface area contributed by atoms with E-state index in [1.54, 1.807) is 12.1 Å². The highest BCUT2D eigenvalue weighted by atomic mass is 35.5. The summed E-state index contributed by atoms with van der Waals surface area (Å²) in [5, 5.41) is 0.111. The van der Waals surface area contributed by atoms with Crippen molar-refractivity contribution in [2.24, 2.45) is 0 Å². The highest BCUT2D eigenvalue weighted by Gasteiger charge is 2.45. The number of nitrogens with zero attached hydrogens (tertiary/aromatic N) is 2. The summed E-state index contributed by atoms with van der Waals surface area (Å²) in [4.78, 5) is 4.45. The molecule has 0 spiro atoms. The van der Waals surface area contributed by atoms with Crippen molar-refractivity contribution in [1.82, 2.24) is 9.80 Å². The number of likely N-dealkylation sites (N-methyl/N-ethyl adjacent to an activating group) is 1. The number of hydrogen-bond acceptors (Lipinski definition) is 4. The number of benzene rings is 1. The molecule has 0 radical (unpaired) electrons. The highest BCUT2D eigenvalue weighted by Crippen LogP contribution is 2.28. The molecule has 0 bridgehead atoms. The predicted octanol–water partition coefficient (Wildman–Crippen LogP) is 1.78. The zero-order valence-corrected chi connectivity index (χ0v) is 14.1. The van der Waals surface area contributed by atoms with Crippen molar-refractivity contribution < 1.29 is 12.8 Å². The van der Waals surface area contributed by atoms with Crippen LogP contribution in [0.2, 0.25) is 5.02 Å². The van der Waals surface area contributed by atoms with Gasteiger partial charge in [-0.05, 0) is 24.2 Å². The minimum Gasteiger partial charge on any atom is -0.297 e. The minimum atomic E-state index is -2.98. The van der Waals surface area contributed by atoms with Crippen LogP contribution in [0.25, 0.3) is 0 Å². The third kappa shape index (κ3) is 3.15. The van der Waals surface area contributed by atoms with Crippen molar-refractivity contribution >= 4 is 21.4 Å². The second kappa shape index (κ2) is 6.07. The molecule has 0 unspecified atom stereocenters. The van der Waals surface area contributed by atoms with E-state index in [4.69, 9.17) is 11.6 Å². The molecule has 2 atom stereocenters. The molecule has 1 aromatic rings. The fraction of sp³-hybridized carbons (Fsp3) is 0.600. The summed E-state index contributed by atoms with van der Waals surface area (Å²) >= 11 is 5.84. The molecule has 2 aliphatic rings. The molecular weight excluding hydrogens is 327 g/mol. The molecule has 1 aromatic carbocycles. The maximum Gasteiger partial charge on any atom is 0.153 e. The summed E-state index contributed by atoms with van der Waals surface area (Å²) in [6.07, 6.45) is 0. The highest BCUT2D eigenvalue weighted by molar-refractivity contribution is 7.91. The van der Waals surface area contributed by atoms with Crippen molar-refractivity contribution in [3.8, 4) is 0 Å². The van der Waals surface area contributed by atoms with Gasteiger partial charge in [0.15, 0.2) is 9.84 Å². The molecular formula is C15H20ClFN2O2S. The Morgan fingerprint density at radius 1 is 1.23 bits per heavy atom. The Balaban J connectivity index is 1.80. The van der Waals surface area contributed by atoms with E-state index in [1.165, 1.54) is 6.07 Å². The normalized spacial score (nSPS) is 28.7. The van der Waals surface area contributed by atoms with E-state index in [2.05, 4.69) is 16.7 Å². The van der Waals surface area contributed by atoms with Crippen LogP contribution in [-0.2, 0) is 16.4 Å². The maximum absolute atomic E-state index is 13.3. The molecule has 0 saturated carbocycles. The minimum absolute atomic E-state index is 0.0162. The Labute approximate surface area is 135 Å². The first-order valence-corrected chi connectivity index (χ1v) is 9.72. The number of hydrogen-bond donors (Lipinski definition) is 0. The Morgan fingerprint density at radius 3 is 2.50 bits per heavy atom. The van der Waals surface area contributed by atoms with E-state index in [1.807, 2.05) is 0 Å². The second-order valence-corrected chi connectivity index (χ2v) is 8.62. The largest absolute Gasteiger partial charge is 0.297 e. The molecule has 122 valence electrons. The van der Waals surface area contributed by atoms with E-state index in [0.29, 0.717) is 6.54 Å². The molecule has 22 heavy (non-hydrogen) atoms. The van der Waals surface area contributed by atoms with E-state index in [0.717, 1.165) is 25.2 Å². The molecule has 2 saturated heterocycles. The van der Waals surface area contributed by atoms with Crippen LogP contribution in [0.3, 0.4) is 0 Å². The summed E-state index contributed by atoms with van der Waals surface area (Å²) in [7, 11) is -2.98. The van der Waals surface area contributed by atoms with Gasteiger partial charge in [-0.25, -0.2) is 12.8 Å². The summed E-state index contributed by atoms with van der Waals surface area (Å²) in [5.74, 6) is 0.0254. The van der Waals surface area contributed by atoms with Gasteiger partial charge in [-0.2, -0.15) is 0 Å². The predicted molar refractivity (Wildman–Crippen MR) is 85.3 cm³/mol.